The van der Waals surface area contributed by atoms with Crippen LogP contribution in [0.4, 0.5) is 0 Å². The average molecular weight is 482 g/mol. The lowest BCUT2D eigenvalue weighted by atomic mass is 9.81. The van der Waals surface area contributed by atoms with Gasteiger partial charge in [0.2, 0.25) is 0 Å². The lowest BCUT2D eigenvalue weighted by Crippen LogP contribution is -2.52. The van der Waals surface area contributed by atoms with Gasteiger partial charge in [-0.3, -0.25) is 9.59 Å². The van der Waals surface area contributed by atoms with Crippen LogP contribution in [0, 0.1) is 13.8 Å². The van der Waals surface area contributed by atoms with E-state index in [2.05, 4.69) is 6.07 Å². The zero-order valence-electron chi connectivity index (χ0n) is 21.0. The van der Waals surface area contributed by atoms with Crippen molar-refractivity contribution in [1.82, 2.24) is 4.90 Å². The highest BCUT2D eigenvalue weighted by molar-refractivity contribution is 6.24. The number of likely N-dealkylation sites (tertiary alicyclic amines) is 1. The van der Waals surface area contributed by atoms with Crippen LogP contribution in [0.3, 0.4) is 0 Å². The van der Waals surface area contributed by atoms with Crippen LogP contribution in [-0.2, 0) is 4.79 Å². The Bertz CT molecular complexity index is 1320. The van der Waals surface area contributed by atoms with Crippen molar-refractivity contribution < 1.29 is 19.1 Å². The van der Waals surface area contributed by atoms with Gasteiger partial charge in [-0.1, -0.05) is 48.5 Å². The van der Waals surface area contributed by atoms with E-state index in [1.54, 1.807) is 7.11 Å². The van der Waals surface area contributed by atoms with Crippen LogP contribution >= 0.6 is 0 Å². The largest absolute Gasteiger partial charge is 0.497 e. The molecule has 5 rings (SSSR count). The SMILES string of the molecule is COc1ccc(/C=C(/C(=O)N2CCC3(CC2)CC(=O)c2cc(C)cc(C)c2O3)c2ccccc2)cc1. The van der Waals surface area contributed by atoms with Crippen LogP contribution in [0.25, 0.3) is 11.6 Å². The van der Waals surface area contributed by atoms with Crippen molar-refractivity contribution >= 4 is 23.3 Å². The molecule has 3 aromatic carbocycles. The standard InChI is InChI=1S/C31H31NO4/c1-21-17-22(2)29-27(18-21)28(33)20-31(36-29)13-15-32(16-14-31)30(34)26(24-7-5-4-6-8-24)19-23-9-11-25(35-3)12-10-23/h4-12,17-19H,13-16,20H2,1-3H3/b26-19+. The monoisotopic (exact) mass is 481 g/mol. The minimum absolute atomic E-state index is 0.0128. The first-order valence-electron chi connectivity index (χ1n) is 12.4. The first-order valence-corrected chi connectivity index (χ1v) is 12.4. The predicted octanol–water partition coefficient (Wildman–Crippen LogP) is 5.88. The van der Waals surface area contributed by atoms with Crippen LogP contribution in [0.15, 0.2) is 66.7 Å². The average Bonchev–Trinajstić information content (AvgIpc) is 2.89. The number of hydrogen-bond acceptors (Lipinski definition) is 4. The second-order valence-corrected chi connectivity index (χ2v) is 9.83. The number of ketones is 1. The number of amides is 1. The number of piperidine rings is 1. The molecule has 2 aliphatic heterocycles. The van der Waals surface area contributed by atoms with Crippen LogP contribution in [0.5, 0.6) is 11.5 Å². The van der Waals surface area contributed by atoms with Gasteiger partial charge in [0, 0.05) is 31.5 Å². The maximum atomic E-state index is 13.8. The minimum atomic E-state index is -0.548. The summed E-state index contributed by atoms with van der Waals surface area (Å²) in [6.07, 6.45) is 3.55. The van der Waals surface area contributed by atoms with E-state index in [0.29, 0.717) is 49.2 Å². The molecule has 0 saturated carbocycles. The molecule has 1 spiro atoms. The van der Waals surface area contributed by atoms with Gasteiger partial charge < -0.3 is 14.4 Å². The Morgan fingerprint density at radius 1 is 1.00 bits per heavy atom. The molecule has 0 unspecified atom stereocenters. The minimum Gasteiger partial charge on any atom is -0.497 e. The lowest BCUT2D eigenvalue weighted by Gasteiger charge is -2.44. The summed E-state index contributed by atoms with van der Waals surface area (Å²) in [6, 6.07) is 21.4. The molecule has 2 aliphatic rings. The Hall–Kier alpha value is -3.86. The van der Waals surface area contributed by atoms with Crippen molar-refractivity contribution in [2.24, 2.45) is 0 Å². The molecule has 0 aromatic heterocycles. The van der Waals surface area contributed by atoms with Crippen molar-refractivity contribution in [1.29, 1.82) is 0 Å². The van der Waals surface area contributed by atoms with Crippen LogP contribution in [0.1, 0.15) is 51.9 Å². The Morgan fingerprint density at radius 3 is 2.36 bits per heavy atom. The molecule has 1 amide bonds. The molecule has 2 heterocycles. The van der Waals surface area contributed by atoms with Gasteiger partial charge in [0.25, 0.3) is 5.91 Å². The summed E-state index contributed by atoms with van der Waals surface area (Å²) in [4.78, 5) is 28.7. The van der Waals surface area contributed by atoms with Gasteiger partial charge in [0.15, 0.2) is 5.78 Å². The first kappa shape index (κ1) is 23.9. The second kappa shape index (κ2) is 9.65. The van der Waals surface area contributed by atoms with E-state index in [1.807, 2.05) is 85.5 Å². The quantitative estimate of drug-likeness (QED) is 0.345. The van der Waals surface area contributed by atoms with Crippen LogP contribution < -0.4 is 9.47 Å². The van der Waals surface area contributed by atoms with Crippen molar-refractivity contribution in [3.63, 3.8) is 0 Å². The molecule has 0 bridgehead atoms. The van der Waals surface area contributed by atoms with Crippen LogP contribution in [0.2, 0.25) is 0 Å². The maximum Gasteiger partial charge on any atom is 0.254 e. The molecule has 3 aromatic rings. The molecule has 1 saturated heterocycles. The highest BCUT2D eigenvalue weighted by Gasteiger charge is 2.44. The zero-order valence-corrected chi connectivity index (χ0v) is 21.0. The number of Topliss-reactive ketones (excluding diaryl/α,β-unsaturated/α-hetero) is 1. The van der Waals surface area contributed by atoms with Gasteiger partial charge >= 0.3 is 0 Å². The number of hydrogen-bond donors (Lipinski definition) is 0. The number of carbonyl (C=O) groups is 2. The van der Waals surface area contributed by atoms with Crippen molar-refractivity contribution in [2.45, 2.75) is 38.7 Å². The summed E-state index contributed by atoms with van der Waals surface area (Å²) in [6.45, 7) is 5.07. The molecular formula is C31H31NO4. The highest BCUT2D eigenvalue weighted by atomic mass is 16.5. The van der Waals surface area contributed by atoms with Gasteiger partial charge in [0.05, 0.1) is 19.1 Å². The van der Waals surface area contributed by atoms with Crippen molar-refractivity contribution in [3.8, 4) is 11.5 Å². The Morgan fingerprint density at radius 2 is 1.69 bits per heavy atom. The summed E-state index contributed by atoms with van der Waals surface area (Å²) in [5.74, 6) is 1.60. The second-order valence-electron chi connectivity index (χ2n) is 9.83. The Labute approximate surface area is 212 Å². The van der Waals surface area contributed by atoms with E-state index in [1.165, 1.54) is 0 Å². The van der Waals surface area contributed by atoms with E-state index >= 15 is 0 Å². The fourth-order valence-electron chi connectivity index (χ4n) is 5.26. The first-order chi connectivity index (χ1) is 17.4. The van der Waals surface area contributed by atoms with Gasteiger partial charge in [-0.15, -0.1) is 0 Å². The topological polar surface area (TPSA) is 55.8 Å². The third-order valence-corrected chi connectivity index (χ3v) is 7.22. The molecule has 0 atom stereocenters. The molecule has 1 fully saturated rings. The Balaban J connectivity index is 1.38. The number of benzene rings is 3. The number of methoxy groups -OCH3 is 1. The molecule has 36 heavy (non-hydrogen) atoms. The van der Waals surface area contributed by atoms with Gasteiger partial charge in [0.1, 0.15) is 17.1 Å². The molecule has 5 nitrogen and oxygen atoms in total. The molecule has 5 heteroatoms. The van der Waals surface area contributed by atoms with Gasteiger partial charge in [-0.05, 0) is 60.4 Å². The number of rotatable bonds is 4. The number of nitrogens with zero attached hydrogens (tertiary/aromatic N) is 1. The number of fused-ring (bicyclic) bond motifs is 1. The highest BCUT2D eigenvalue weighted by Crippen LogP contribution is 2.41. The van der Waals surface area contributed by atoms with E-state index < -0.39 is 5.60 Å². The molecular weight excluding hydrogens is 450 g/mol. The number of carbonyl (C=O) groups excluding carboxylic acids is 2. The summed E-state index contributed by atoms with van der Waals surface area (Å²) >= 11 is 0. The van der Waals surface area contributed by atoms with E-state index in [0.717, 1.165) is 28.0 Å². The van der Waals surface area contributed by atoms with Gasteiger partial charge in [-0.25, -0.2) is 0 Å². The fourth-order valence-corrected chi connectivity index (χ4v) is 5.26. The smallest absolute Gasteiger partial charge is 0.254 e. The summed E-state index contributed by atoms with van der Waals surface area (Å²) in [5.41, 5.74) is 4.65. The number of ether oxygens (including phenoxy) is 2. The summed E-state index contributed by atoms with van der Waals surface area (Å²) in [5, 5.41) is 0. The summed E-state index contributed by atoms with van der Waals surface area (Å²) < 4.78 is 11.8. The Kier molecular flexibility index (Phi) is 6.40. The van der Waals surface area contributed by atoms with E-state index in [4.69, 9.17) is 9.47 Å². The molecule has 0 aliphatic carbocycles. The van der Waals surface area contributed by atoms with Crippen molar-refractivity contribution in [2.75, 3.05) is 20.2 Å². The zero-order chi connectivity index (χ0) is 25.3. The third kappa shape index (κ3) is 4.66. The maximum absolute atomic E-state index is 13.8. The number of aryl methyl sites for hydroxylation is 2. The van der Waals surface area contributed by atoms with Crippen molar-refractivity contribution in [3.05, 3.63) is 94.5 Å². The lowest BCUT2D eigenvalue weighted by molar-refractivity contribution is -0.128. The van der Waals surface area contributed by atoms with E-state index in [9.17, 15) is 9.59 Å². The predicted molar refractivity (Wildman–Crippen MR) is 141 cm³/mol. The van der Waals surface area contributed by atoms with Crippen LogP contribution in [-0.4, -0.2) is 42.4 Å². The molecule has 0 N–H and O–H groups in total. The summed E-state index contributed by atoms with van der Waals surface area (Å²) in [7, 11) is 1.64. The normalized spacial score (nSPS) is 16.9. The fraction of sp³-hybridized carbons (Fsp3) is 0.290. The molecule has 0 radical (unpaired) electrons. The van der Waals surface area contributed by atoms with E-state index in [-0.39, 0.29) is 11.7 Å². The van der Waals surface area contributed by atoms with Gasteiger partial charge in [-0.2, -0.15) is 0 Å². The molecule has 184 valence electrons. The third-order valence-electron chi connectivity index (χ3n) is 7.22.